The van der Waals surface area contributed by atoms with Gasteiger partial charge in [0, 0.05) is 12.1 Å². The Balaban J connectivity index is 4.41. The fourth-order valence-corrected chi connectivity index (χ4v) is 1.22. The zero-order valence-electron chi connectivity index (χ0n) is 7.84. The van der Waals surface area contributed by atoms with E-state index in [1.165, 1.54) is 4.90 Å². The largest absolute Gasteiger partial charge is 0.333 e. The van der Waals surface area contributed by atoms with Crippen LogP contribution < -0.4 is 0 Å². The number of alkyl halides is 2. The molecule has 0 N–H and O–H groups in total. The van der Waals surface area contributed by atoms with Crippen LogP contribution in [-0.2, 0) is 4.79 Å². The molecule has 0 radical (unpaired) electrons. The minimum atomic E-state index is -2.89. The topological polar surface area (TPSA) is 20.3 Å². The highest BCUT2D eigenvalue weighted by Gasteiger charge is 2.27. The Bertz CT molecular complexity index is 149. The molecule has 0 aliphatic heterocycles. The van der Waals surface area contributed by atoms with E-state index in [2.05, 4.69) is 0 Å². The molecule has 1 amide bonds. The second kappa shape index (κ2) is 4.38. The summed E-state index contributed by atoms with van der Waals surface area (Å²) in [6.07, 6.45) is -2.89. The second-order valence-electron chi connectivity index (χ2n) is 3.23. The van der Waals surface area contributed by atoms with Crippen molar-refractivity contribution in [2.45, 2.75) is 46.2 Å². The summed E-state index contributed by atoms with van der Waals surface area (Å²) in [5.74, 6) is -1.08. The summed E-state index contributed by atoms with van der Waals surface area (Å²) in [6, 6.07) is -0.349. The Morgan fingerprint density at radius 3 is 1.50 bits per heavy atom. The molecule has 0 aromatic rings. The maximum absolute atomic E-state index is 12.0. The van der Waals surface area contributed by atoms with Gasteiger partial charge in [0.15, 0.2) is 0 Å². The zero-order valence-corrected chi connectivity index (χ0v) is 7.84. The van der Waals surface area contributed by atoms with E-state index in [1.807, 2.05) is 0 Å². The zero-order chi connectivity index (χ0) is 9.89. The second-order valence-corrected chi connectivity index (χ2v) is 3.23. The molecule has 0 rings (SSSR count). The first-order valence-corrected chi connectivity index (χ1v) is 3.98. The van der Waals surface area contributed by atoms with Crippen molar-refractivity contribution in [2.75, 3.05) is 0 Å². The lowest BCUT2D eigenvalue weighted by atomic mass is 10.2. The van der Waals surface area contributed by atoms with E-state index in [4.69, 9.17) is 0 Å². The standard InChI is InChI=1S/C8H15F2NO/c1-5(2)11(6(3)4)8(12)7(9)10/h5-7H,1-4H3. The van der Waals surface area contributed by atoms with Gasteiger partial charge in [-0.25, -0.2) is 0 Å². The summed E-state index contributed by atoms with van der Waals surface area (Å²) in [6.45, 7) is 6.89. The van der Waals surface area contributed by atoms with Crippen molar-refractivity contribution in [3.63, 3.8) is 0 Å². The van der Waals surface area contributed by atoms with Gasteiger partial charge in [0.05, 0.1) is 0 Å². The molecule has 0 bridgehead atoms. The average molecular weight is 179 g/mol. The molecule has 0 atom stereocenters. The molecular formula is C8H15F2NO. The van der Waals surface area contributed by atoms with Gasteiger partial charge in [-0.05, 0) is 27.7 Å². The van der Waals surface area contributed by atoms with Gasteiger partial charge in [-0.2, -0.15) is 8.78 Å². The Labute approximate surface area is 71.5 Å². The van der Waals surface area contributed by atoms with Gasteiger partial charge < -0.3 is 4.90 Å². The molecule has 0 aromatic carbocycles. The molecule has 0 aromatic heterocycles. The van der Waals surface area contributed by atoms with E-state index < -0.39 is 12.3 Å². The molecule has 0 unspecified atom stereocenters. The molecule has 0 fully saturated rings. The van der Waals surface area contributed by atoms with Crippen molar-refractivity contribution in [1.82, 2.24) is 4.90 Å². The van der Waals surface area contributed by atoms with Gasteiger partial charge >= 0.3 is 6.43 Å². The molecule has 0 aliphatic rings. The van der Waals surface area contributed by atoms with Crippen molar-refractivity contribution < 1.29 is 13.6 Å². The van der Waals surface area contributed by atoms with Gasteiger partial charge in [0.25, 0.3) is 5.91 Å². The molecule has 2 nitrogen and oxygen atoms in total. The normalized spacial score (nSPS) is 11.4. The third kappa shape index (κ3) is 2.75. The Morgan fingerprint density at radius 2 is 1.42 bits per heavy atom. The first kappa shape index (κ1) is 11.3. The van der Waals surface area contributed by atoms with E-state index in [1.54, 1.807) is 27.7 Å². The van der Waals surface area contributed by atoms with Gasteiger partial charge in [-0.1, -0.05) is 0 Å². The number of carbonyl (C=O) groups excluding carboxylic acids is 1. The van der Waals surface area contributed by atoms with Crippen LogP contribution in [0.2, 0.25) is 0 Å². The van der Waals surface area contributed by atoms with Crippen LogP contribution in [0.4, 0.5) is 8.78 Å². The number of hydrogen-bond donors (Lipinski definition) is 0. The molecule has 0 saturated carbocycles. The Kier molecular flexibility index (Phi) is 4.13. The van der Waals surface area contributed by atoms with Crippen LogP contribution in [0.5, 0.6) is 0 Å². The van der Waals surface area contributed by atoms with Crippen LogP contribution in [0.3, 0.4) is 0 Å². The lowest BCUT2D eigenvalue weighted by molar-refractivity contribution is -0.146. The molecule has 4 heteroatoms. The van der Waals surface area contributed by atoms with Crippen molar-refractivity contribution in [3.8, 4) is 0 Å². The molecule has 0 aliphatic carbocycles. The first-order valence-electron chi connectivity index (χ1n) is 3.98. The molecule has 72 valence electrons. The van der Waals surface area contributed by atoms with Crippen molar-refractivity contribution in [1.29, 1.82) is 0 Å². The minimum absolute atomic E-state index is 0.175. The van der Waals surface area contributed by atoms with Gasteiger partial charge in [0.2, 0.25) is 0 Å². The molecule has 0 saturated heterocycles. The van der Waals surface area contributed by atoms with Gasteiger partial charge in [-0.15, -0.1) is 0 Å². The molecule has 12 heavy (non-hydrogen) atoms. The van der Waals surface area contributed by atoms with E-state index in [0.29, 0.717) is 0 Å². The summed E-state index contributed by atoms with van der Waals surface area (Å²) in [5, 5.41) is 0. The van der Waals surface area contributed by atoms with Gasteiger partial charge in [0.1, 0.15) is 0 Å². The van der Waals surface area contributed by atoms with Crippen LogP contribution in [0, 0.1) is 0 Å². The Morgan fingerprint density at radius 1 is 1.08 bits per heavy atom. The molecule has 0 heterocycles. The lowest BCUT2D eigenvalue weighted by Crippen LogP contribution is -2.45. The van der Waals surface area contributed by atoms with Crippen LogP contribution in [-0.4, -0.2) is 29.3 Å². The number of halogens is 2. The van der Waals surface area contributed by atoms with Crippen molar-refractivity contribution in [3.05, 3.63) is 0 Å². The van der Waals surface area contributed by atoms with Crippen LogP contribution in [0.15, 0.2) is 0 Å². The van der Waals surface area contributed by atoms with Crippen LogP contribution in [0.25, 0.3) is 0 Å². The SMILES string of the molecule is CC(C)N(C(=O)C(F)F)C(C)C. The number of rotatable bonds is 3. The fourth-order valence-electron chi connectivity index (χ4n) is 1.22. The summed E-state index contributed by atoms with van der Waals surface area (Å²) in [5.41, 5.74) is 0. The third-order valence-corrected chi connectivity index (χ3v) is 1.55. The summed E-state index contributed by atoms with van der Waals surface area (Å²) >= 11 is 0. The quantitative estimate of drug-likeness (QED) is 0.648. The maximum atomic E-state index is 12.0. The van der Waals surface area contributed by atoms with Gasteiger partial charge in [-0.3, -0.25) is 4.79 Å². The summed E-state index contributed by atoms with van der Waals surface area (Å²) in [7, 11) is 0. The number of hydrogen-bond acceptors (Lipinski definition) is 1. The Hall–Kier alpha value is -0.670. The highest BCUT2D eigenvalue weighted by atomic mass is 19.3. The van der Waals surface area contributed by atoms with E-state index in [9.17, 15) is 13.6 Å². The predicted molar refractivity (Wildman–Crippen MR) is 43.1 cm³/mol. The smallest absolute Gasteiger partial charge is 0.315 e. The predicted octanol–water partition coefficient (Wildman–Crippen LogP) is 1.90. The van der Waals surface area contributed by atoms with E-state index in [-0.39, 0.29) is 12.1 Å². The van der Waals surface area contributed by atoms with Crippen LogP contribution in [0.1, 0.15) is 27.7 Å². The summed E-state index contributed by atoms with van der Waals surface area (Å²) < 4.78 is 24.0. The van der Waals surface area contributed by atoms with Crippen molar-refractivity contribution in [2.24, 2.45) is 0 Å². The number of carbonyl (C=O) groups is 1. The average Bonchev–Trinajstić information content (AvgIpc) is 1.85. The van der Waals surface area contributed by atoms with E-state index in [0.717, 1.165) is 0 Å². The molecular weight excluding hydrogens is 164 g/mol. The first-order chi connectivity index (χ1) is 5.37. The third-order valence-electron chi connectivity index (χ3n) is 1.55. The molecule has 0 spiro atoms. The fraction of sp³-hybridized carbons (Fsp3) is 0.875. The lowest BCUT2D eigenvalue weighted by Gasteiger charge is -2.30. The maximum Gasteiger partial charge on any atom is 0.315 e. The highest BCUT2D eigenvalue weighted by Crippen LogP contribution is 2.09. The minimum Gasteiger partial charge on any atom is -0.333 e. The summed E-state index contributed by atoms with van der Waals surface area (Å²) in [4.78, 5) is 12.1. The van der Waals surface area contributed by atoms with E-state index >= 15 is 0 Å². The monoisotopic (exact) mass is 179 g/mol. The van der Waals surface area contributed by atoms with Crippen molar-refractivity contribution >= 4 is 5.91 Å². The number of nitrogens with zero attached hydrogens (tertiary/aromatic N) is 1. The number of amides is 1. The van der Waals surface area contributed by atoms with Crippen LogP contribution >= 0.6 is 0 Å². The highest BCUT2D eigenvalue weighted by molar-refractivity contribution is 5.79.